The summed E-state index contributed by atoms with van der Waals surface area (Å²) in [6.45, 7) is 0. The SMILES string of the molecule is O=C1Nc2ccc([N+](=O)[O-])cc2C1=NN=C1C(=O)N(c2ccccc2)c2ccccc21. The minimum Gasteiger partial charge on any atom is -0.320 e. The molecule has 2 aliphatic heterocycles. The van der Waals surface area contributed by atoms with E-state index in [0.29, 0.717) is 22.6 Å². The molecule has 3 aromatic rings. The van der Waals surface area contributed by atoms with Crippen molar-refractivity contribution in [1.29, 1.82) is 0 Å². The number of non-ortho nitro benzene ring substituents is 1. The Bertz CT molecular complexity index is 1330. The summed E-state index contributed by atoms with van der Waals surface area (Å²) in [5.74, 6) is -0.923. The fourth-order valence-electron chi connectivity index (χ4n) is 3.58. The van der Waals surface area contributed by atoms with Crippen LogP contribution in [0.15, 0.2) is 83.0 Å². The molecule has 0 aliphatic carbocycles. The third-order valence-electron chi connectivity index (χ3n) is 5.00. The van der Waals surface area contributed by atoms with Crippen LogP contribution < -0.4 is 10.2 Å². The Hall–Kier alpha value is -4.66. The third-order valence-corrected chi connectivity index (χ3v) is 5.00. The van der Waals surface area contributed by atoms with Gasteiger partial charge in [-0.3, -0.25) is 24.6 Å². The van der Waals surface area contributed by atoms with Crippen molar-refractivity contribution in [1.82, 2.24) is 0 Å². The van der Waals surface area contributed by atoms with Crippen molar-refractivity contribution >= 4 is 46.0 Å². The van der Waals surface area contributed by atoms with Crippen LogP contribution in [-0.4, -0.2) is 28.2 Å². The fourth-order valence-corrected chi connectivity index (χ4v) is 3.58. The minimum absolute atomic E-state index is 0.0821. The number of hydrogen-bond donors (Lipinski definition) is 1. The van der Waals surface area contributed by atoms with Gasteiger partial charge in [0, 0.05) is 28.9 Å². The highest BCUT2D eigenvalue weighted by Crippen LogP contribution is 2.35. The number of carbonyl (C=O) groups excluding carboxylic acids is 2. The first kappa shape index (κ1) is 18.4. The van der Waals surface area contributed by atoms with Gasteiger partial charge in [0.1, 0.15) is 0 Å². The van der Waals surface area contributed by atoms with Gasteiger partial charge in [-0.2, -0.15) is 0 Å². The number of nitrogens with zero attached hydrogens (tertiary/aromatic N) is 4. The van der Waals surface area contributed by atoms with E-state index in [2.05, 4.69) is 15.5 Å². The van der Waals surface area contributed by atoms with Crippen molar-refractivity contribution in [2.45, 2.75) is 0 Å². The van der Waals surface area contributed by atoms with Gasteiger partial charge in [0.25, 0.3) is 17.5 Å². The van der Waals surface area contributed by atoms with E-state index in [1.54, 1.807) is 18.2 Å². The van der Waals surface area contributed by atoms with Gasteiger partial charge in [-0.15, -0.1) is 10.2 Å². The maximum Gasteiger partial charge on any atom is 0.284 e. The number of fused-ring (bicyclic) bond motifs is 2. The summed E-state index contributed by atoms with van der Waals surface area (Å²) < 4.78 is 0. The number of nitro benzene ring substituents is 1. The van der Waals surface area contributed by atoms with Crippen LogP contribution >= 0.6 is 0 Å². The standard InChI is InChI=1S/C22H13N5O4/c28-21-19(16-12-14(27(30)31)10-11-17(16)23-21)24-25-20-15-8-4-5-9-18(15)26(22(20)29)13-6-2-1-3-7-13/h1-12H,(H,23,24,28). The van der Waals surface area contributed by atoms with E-state index in [-0.39, 0.29) is 28.6 Å². The zero-order valence-electron chi connectivity index (χ0n) is 15.9. The Morgan fingerprint density at radius 1 is 0.839 bits per heavy atom. The van der Waals surface area contributed by atoms with Crippen molar-refractivity contribution in [2.75, 3.05) is 10.2 Å². The molecule has 0 spiro atoms. The highest BCUT2D eigenvalue weighted by Gasteiger charge is 2.35. The molecule has 5 rings (SSSR count). The quantitative estimate of drug-likeness (QED) is 0.525. The molecule has 0 saturated heterocycles. The second kappa shape index (κ2) is 6.99. The topological polar surface area (TPSA) is 117 Å². The molecule has 9 nitrogen and oxygen atoms in total. The van der Waals surface area contributed by atoms with Crippen molar-refractivity contribution in [3.63, 3.8) is 0 Å². The van der Waals surface area contributed by atoms with Crippen LogP contribution in [0.3, 0.4) is 0 Å². The molecule has 3 aromatic carbocycles. The van der Waals surface area contributed by atoms with Gasteiger partial charge < -0.3 is 5.32 Å². The van der Waals surface area contributed by atoms with E-state index in [1.807, 2.05) is 36.4 Å². The molecule has 31 heavy (non-hydrogen) atoms. The van der Waals surface area contributed by atoms with Crippen LogP contribution in [0.5, 0.6) is 0 Å². The molecule has 2 amide bonds. The summed E-state index contributed by atoms with van der Waals surface area (Å²) in [5, 5.41) is 21.8. The second-order valence-corrected chi connectivity index (χ2v) is 6.83. The lowest BCUT2D eigenvalue weighted by molar-refractivity contribution is -0.384. The first-order valence-corrected chi connectivity index (χ1v) is 9.29. The number of nitro groups is 1. The Labute approximate surface area is 175 Å². The molecule has 0 radical (unpaired) electrons. The Kier molecular flexibility index (Phi) is 4.14. The number of para-hydroxylation sites is 2. The van der Waals surface area contributed by atoms with Crippen molar-refractivity contribution in [2.24, 2.45) is 10.2 Å². The average Bonchev–Trinajstić information content (AvgIpc) is 3.24. The number of hydrogen-bond acceptors (Lipinski definition) is 6. The van der Waals surface area contributed by atoms with E-state index >= 15 is 0 Å². The zero-order valence-corrected chi connectivity index (χ0v) is 15.9. The molecule has 0 unspecified atom stereocenters. The predicted molar refractivity (Wildman–Crippen MR) is 115 cm³/mol. The van der Waals surface area contributed by atoms with Crippen LogP contribution in [-0.2, 0) is 9.59 Å². The lowest BCUT2D eigenvalue weighted by Gasteiger charge is -2.16. The van der Waals surface area contributed by atoms with E-state index in [1.165, 1.54) is 23.1 Å². The highest BCUT2D eigenvalue weighted by atomic mass is 16.6. The molecule has 0 atom stereocenters. The van der Waals surface area contributed by atoms with Crippen LogP contribution in [0.1, 0.15) is 11.1 Å². The fraction of sp³-hybridized carbons (Fsp3) is 0. The normalized spacial score (nSPS) is 17.1. The monoisotopic (exact) mass is 411 g/mol. The lowest BCUT2D eigenvalue weighted by atomic mass is 10.1. The van der Waals surface area contributed by atoms with Gasteiger partial charge in [-0.25, -0.2) is 0 Å². The largest absolute Gasteiger partial charge is 0.320 e. The summed E-state index contributed by atoms with van der Waals surface area (Å²) in [5.41, 5.74) is 2.41. The molecule has 0 bridgehead atoms. The number of nitrogens with one attached hydrogen (secondary N) is 1. The third kappa shape index (κ3) is 2.96. The van der Waals surface area contributed by atoms with Gasteiger partial charge in [0.2, 0.25) is 0 Å². The number of carbonyl (C=O) groups is 2. The van der Waals surface area contributed by atoms with Crippen LogP contribution in [0.2, 0.25) is 0 Å². The molecule has 0 saturated carbocycles. The van der Waals surface area contributed by atoms with E-state index in [4.69, 9.17) is 0 Å². The van der Waals surface area contributed by atoms with Crippen LogP contribution in [0.4, 0.5) is 22.7 Å². The molecule has 2 aliphatic rings. The predicted octanol–water partition coefficient (Wildman–Crippen LogP) is 3.42. The summed E-state index contributed by atoms with van der Waals surface area (Å²) in [6, 6.07) is 20.3. The zero-order chi connectivity index (χ0) is 21.5. The molecule has 1 N–H and O–H groups in total. The molecular formula is C22H13N5O4. The Balaban J connectivity index is 1.60. The van der Waals surface area contributed by atoms with E-state index in [0.717, 1.165) is 0 Å². The van der Waals surface area contributed by atoms with Crippen LogP contribution in [0.25, 0.3) is 0 Å². The average molecular weight is 411 g/mol. The number of rotatable bonds is 3. The van der Waals surface area contributed by atoms with E-state index < -0.39 is 10.8 Å². The van der Waals surface area contributed by atoms with Gasteiger partial charge in [0.15, 0.2) is 11.4 Å². The summed E-state index contributed by atoms with van der Waals surface area (Å²) >= 11 is 0. The maximum atomic E-state index is 13.2. The van der Waals surface area contributed by atoms with Gasteiger partial charge >= 0.3 is 0 Å². The van der Waals surface area contributed by atoms with Crippen molar-refractivity contribution in [3.05, 3.63) is 94.0 Å². The minimum atomic E-state index is -0.554. The van der Waals surface area contributed by atoms with Crippen LogP contribution in [0, 0.1) is 10.1 Å². The molecular weight excluding hydrogens is 398 g/mol. The second-order valence-electron chi connectivity index (χ2n) is 6.83. The van der Waals surface area contributed by atoms with E-state index in [9.17, 15) is 19.7 Å². The molecule has 2 heterocycles. The maximum absolute atomic E-state index is 13.2. The van der Waals surface area contributed by atoms with Crippen molar-refractivity contribution in [3.8, 4) is 0 Å². The smallest absolute Gasteiger partial charge is 0.284 e. The highest BCUT2D eigenvalue weighted by molar-refractivity contribution is 6.56. The van der Waals surface area contributed by atoms with Gasteiger partial charge in [-0.05, 0) is 24.3 Å². The molecule has 150 valence electrons. The number of benzene rings is 3. The van der Waals surface area contributed by atoms with Gasteiger partial charge in [0.05, 0.1) is 16.3 Å². The summed E-state index contributed by atoms with van der Waals surface area (Å²) in [7, 11) is 0. The molecule has 0 fully saturated rings. The molecule has 9 heteroatoms. The number of amides is 2. The molecule has 0 aromatic heterocycles. The summed E-state index contributed by atoms with van der Waals surface area (Å²) in [4.78, 5) is 37.6. The Morgan fingerprint density at radius 3 is 2.32 bits per heavy atom. The Morgan fingerprint density at radius 2 is 1.55 bits per heavy atom. The first-order valence-electron chi connectivity index (χ1n) is 9.29. The van der Waals surface area contributed by atoms with Gasteiger partial charge in [-0.1, -0.05) is 36.4 Å². The lowest BCUT2D eigenvalue weighted by Crippen LogP contribution is -2.25. The van der Waals surface area contributed by atoms with Crippen molar-refractivity contribution < 1.29 is 14.5 Å². The number of anilines is 3. The summed E-state index contributed by atoms with van der Waals surface area (Å²) in [6.07, 6.45) is 0. The first-order chi connectivity index (χ1) is 15.0.